The Balaban J connectivity index is 1.67. The number of carbonyl (C=O) groups excluding carboxylic acids is 2. The summed E-state index contributed by atoms with van der Waals surface area (Å²) in [6, 6.07) is 12.1. The summed E-state index contributed by atoms with van der Waals surface area (Å²) in [6.07, 6.45) is 3.16. The van der Waals surface area contributed by atoms with Gasteiger partial charge in [-0.25, -0.2) is 4.39 Å². The van der Waals surface area contributed by atoms with Crippen LogP contribution in [0.25, 0.3) is 0 Å². The van der Waals surface area contributed by atoms with Gasteiger partial charge in [0.05, 0.1) is 6.04 Å². The Morgan fingerprint density at radius 1 is 1.19 bits per heavy atom. The highest BCUT2D eigenvalue weighted by atomic mass is 19.1. The van der Waals surface area contributed by atoms with Gasteiger partial charge in [-0.05, 0) is 66.6 Å². The summed E-state index contributed by atoms with van der Waals surface area (Å²) in [5.74, 6) is 0.195. The highest BCUT2D eigenvalue weighted by Gasteiger charge is 2.33. The van der Waals surface area contributed by atoms with Gasteiger partial charge in [0, 0.05) is 19.0 Å². The Hall–Kier alpha value is -2.89. The number of rotatable bonds is 7. The molecule has 1 N–H and O–H groups in total. The van der Waals surface area contributed by atoms with Crippen LogP contribution in [0.15, 0.2) is 42.5 Å². The largest absolute Gasteiger partial charge is 0.481 e. The molecule has 2 atom stereocenters. The Morgan fingerprint density at radius 3 is 2.68 bits per heavy atom. The number of nitrogens with one attached hydrogen (secondary N) is 1. The molecule has 0 aromatic heterocycles. The molecule has 1 heterocycles. The summed E-state index contributed by atoms with van der Waals surface area (Å²) in [7, 11) is 0. The van der Waals surface area contributed by atoms with Gasteiger partial charge in [-0.3, -0.25) is 9.59 Å². The first-order chi connectivity index (χ1) is 15.0. The maximum atomic E-state index is 14.0. The summed E-state index contributed by atoms with van der Waals surface area (Å²) in [4.78, 5) is 27.0. The number of benzene rings is 2. The van der Waals surface area contributed by atoms with Crippen molar-refractivity contribution in [3.63, 3.8) is 0 Å². The standard InChI is InChI=1S/C25H29FN2O3/c1-3-22(25(30)27-19-9-10-19)31-20-11-8-16-12-13-28(23(29)4-2)24(21(16)15-20)17-6-5-7-18(26)14-17/h5-8,11,14-15,19,22,24H,3-4,9-10,12-13H2,1-2H3,(H,27,30)/t22-,24-/m0/s1. The van der Waals surface area contributed by atoms with E-state index in [0.717, 1.165) is 36.0 Å². The lowest BCUT2D eigenvalue weighted by molar-refractivity contribution is -0.133. The highest BCUT2D eigenvalue weighted by Crippen LogP contribution is 2.38. The molecule has 31 heavy (non-hydrogen) atoms. The van der Waals surface area contributed by atoms with Gasteiger partial charge in [-0.15, -0.1) is 0 Å². The molecule has 4 rings (SSSR count). The quantitative estimate of drug-likeness (QED) is 0.727. The Labute approximate surface area is 182 Å². The van der Waals surface area contributed by atoms with Crippen LogP contribution in [0.3, 0.4) is 0 Å². The zero-order valence-corrected chi connectivity index (χ0v) is 18.1. The monoisotopic (exact) mass is 424 g/mol. The van der Waals surface area contributed by atoms with Crippen molar-refractivity contribution in [3.05, 3.63) is 65.0 Å². The van der Waals surface area contributed by atoms with Gasteiger partial charge < -0.3 is 15.0 Å². The van der Waals surface area contributed by atoms with Gasteiger partial charge in [0.25, 0.3) is 5.91 Å². The predicted octanol–water partition coefficient (Wildman–Crippen LogP) is 4.15. The third-order valence-corrected chi connectivity index (χ3v) is 6.00. The second-order valence-corrected chi connectivity index (χ2v) is 8.31. The number of halogens is 1. The van der Waals surface area contributed by atoms with Crippen LogP contribution in [0.1, 0.15) is 62.3 Å². The first kappa shape index (κ1) is 21.3. The van der Waals surface area contributed by atoms with E-state index < -0.39 is 6.10 Å². The van der Waals surface area contributed by atoms with Crippen LogP contribution < -0.4 is 10.1 Å². The Bertz CT molecular complexity index is 973. The first-order valence-electron chi connectivity index (χ1n) is 11.1. The number of hydrogen-bond donors (Lipinski definition) is 1. The molecule has 2 aromatic rings. The summed E-state index contributed by atoms with van der Waals surface area (Å²) in [5, 5.41) is 3.00. The van der Waals surface area contributed by atoms with Gasteiger partial charge in [-0.1, -0.05) is 32.0 Å². The van der Waals surface area contributed by atoms with Gasteiger partial charge >= 0.3 is 0 Å². The number of fused-ring (bicyclic) bond motifs is 1. The molecule has 164 valence electrons. The average Bonchev–Trinajstić information content (AvgIpc) is 3.59. The van der Waals surface area contributed by atoms with E-state index in [-0.39, 0.29) is 29.7 Å². The Morgan fingerprint density at radius 2 is 2.00 bits per heavy atom. The number of hydrogen-bond acceptors (Lipinski definition) is 3. The van der Waals surface area contributed by atoms with Crippen LogP contribution in [-0.2, 0) is 16.0 Å². The smallest absolute Gasteiger partial charge is 0.261 e. The van der Waals surface area contributed by atoms with E-state index in [2.05, 4.69) is 5.32 Å². The second-order valence-electron chi connectivity index (χ2n) is 8.31. The summed E-state index contributed by atoms with van der Waals surface area (Å²) in [6.45, 7) is 4.35. The van der Waals surface area contributed by atoms with Crippen LogP contribution in [0.5, 0.6) is 5.75 Å². The van der Waals surface area contributed by atoms with Crippen molar-refractivity contribution in [1.82, 2.24) is 10.2 Å². The molecule has 6 heteroatoms. The lowest BCUT2D eigenvalue weighted by Gasteiger charge is -2.38. The molecule has 1 saturated carbocycles. The average molecular weight is 425 g/mol. The van der Waals surface area contributed by atoms with Gasteiger partial charge in [-0.2, -0.15) is 0 Å². The van der Waals surface area contributed by atoms with Crippen molar-refractivity contribution in [3.8, 4) is 5.75 Å². The van der Waals surface area contributed by atoms with Crippen molar-refractivity contribution in [1.29, 1.82) is 0 Å². The fraction of sp³-hybridized carbons (Fsp3) is 0.440. The molecule has 1 aliphatic carbocycles. The number of ether oxygens (including phenoxy) is 1. The van der Waals surface area contributed by atoms with E-state index in [1.54, 1.807) is 6.07 Å². The minimum atomic E-state index is -0.566. The van der Waals surface area contributed by atoms with Crippen LogP contribution in [0.2, 0.25) is 0 Å². The third-order valence-electron chi connectivity index (χ3n) is 6.00. The molecule has 2 aromatic carbocycles. The van der Waals surface area contributed by atoms with E-state index in [1.807, 2.05) is 43.0 Å². The van der Waals surface area contributed by atoms with Crippen LogP contribution in [0.4, 0.5) is 4.39 Å². The van der Waals surface area contributed by atoms with E-state index in [4.69, 9.17) is 4.74 Å². The second kappa shape index (κ2) is 9.08. The zero-order valence-electron chi connectivity index (χ0n) is 18.1. The number of carbonyl (C=O) groups is 2. The normalized spacial score (nSPS) is 18.8. The molecule has 2 amide bonds. The summed E-state index contributed by atoms with van der Waals surface area (Å²) >= 11 is 0. The van der Waals surface area contributed by atoms with Crippen molar-refractivity contribution in [2.24, 2.45) is 0 Å². The third kappa shape index (κ3) is 4.73. The van der Waals surface area contributed by atoms with Gasteiger partial charge in [0.1, 0.15) is 11.6 Å². The molecule has 0 bridgehead atoms. The molecule has 5 nitrogen and oxygen atoms in total. The SMILES string of the molecule is CCC(=O)N1CCc2ccc(O[C@@H](CC)C(=O)NC3CC3)cc2[C@@H]1c1cccc(F)c1. The van der Waals surface area contributed by atoms with Crippen LogP contribution in [0, 0.1) is 5.82 Å². The van der Waals surface area contributed by atoms with E-state index in [0.29, 0.717) is 25.1 Å². The maximum Gasteiger partial charge on any atom is 0.261 e. The van der Waals surface area contributed by atoms with Crippen molar-refractivity contribution in [2.75, 3.05) is 6.54 Å². The lowest BCUT2D eigenvalue weighted by Crippen LogP contribution is -2.40. The molecule has 0 saturated heterocycles. The first-order valence-corrected chi connectivity index (χ1v) is 11.1. The van der Waals surface area contributed by atoms with Crippen molar-refractivity contribution >= 4 is 11.8 Å². The van der Waals surface area contributed by atoms with E-state index in [1.165, 1.54) is 12.1 Å². The van der Waals surface area contributed by atoms with E-state index >= 15 is 0 Å². The molecule has 1 fully saturated rings. The minimum Gasteiger partial charge on any atom is -0.481 e. The molecule has 0 unspecified atom stereocenters. The maximum absolute atomic E-state index is 14.0. The van der Waals surface area contributed by atoms with Crippen molar-refractivity contribution < 1.29 is 18.7 Å². The van der Waals surface area contributed by atoms with Crippen LogP contribution in [-0.4, -0.2) is 35.4 Å². The summed E-state index contributed by atoms with van der Waals surface area (Å²) in [5.41, 5.74) is 2.77. The van der Waals surface area contributed by atoms with Crippen molar-refractivity contribution in [2.45, 2.75) is 64.1 Å². The van der Waals surface area contributed by atoms with Crippen LogP contribution >= 0.6 is 0 Å². The molecular formula is C25H29FN2O3. The number of nitrogens with zero attached hydrogens (tertiary/aromatic N) is 1. The minimum absolute atomic E-state index is 0.0291. The molecular weight excluding hydrogens is 395 g/mol. The molecule has 2 aliphatic rings. The van der Waals surface area contributed by atoms with Gasteiger partial charge in [0.15, 0.2) is 6.10 Å². The predicted molar refractivity (Wildman–Crippen MR) is 116 cm³/mol. The van der Waals surface area contributed by atoms with E-state index in [9.17, 15) is 14.0 Å². The molecule has 1 aliphatic heterocycles. The highest BCUT2D eigenvalue weighted by molar-refractivity contribution is 5.81. The Kier molecular flexibility index (Phi) is 6.25. The summed E-state index contributed by atoms with van der Waals surface area (Å²) < 4.78 is 20.1. The fourth-order valence-corrected chi connectivity index (χ4v) is 4.18. The molecule has 0 spiro atoms. The fourth-order valence-electron chi connectivity index (χ4n) is 4.18. The zero-order chi connectivity index (χ0) is 22.0. The topological polar surface area (TPSA) is 58.6 Å². The molecule has 0 radical (unpaired) electrons. The number of amides is 2. The lowest BCUT2D eigenvalue weighted by atomic mass is 9.87. The van der Waals surface area contributed by atoms with Gasteiger partial charge in [0.2, 0.25) is 5.91 Å².